The summed E-state index contributed by atoms with van der Waals surface area (Å²) in [6.45, 7) is 2.98. The van der Waals surface area contributed by atoms with Crippen LogP contribution in [-0.4, -0.2) is 21.0 Å². The predicted octanol–water partition coefficient (Wildman–Crippen LogP) is 2.76. The zero-order chi connectivity index (χ0) is 12.5. The molecular formula is C15H20N2O. The van der Waals surface area contributed by atoms with Gasteiger partial charge in [-0.1, -0.05) is 31.0 Å². The SMILES string of the molecule is CCn1nc(CC(O)CC2CC2)c2ccccc21. The Labute approximate surface area is 107 Å². The molecule has 0 saturated heterocycles. The van der Waals surface area contributed by atoms with Crippen LogP contribution in [0.4, 0.5) is 0 Å². The number of benzene rings is 1. The molecule has 1 atom stereocenters. The van der Waals surface area contributed by atoms with E-state index in [0.717, 1.165) is 24.6 Å². The smallest absolute Gasteiger partial charge is 0.0729 e. The highest BCUT2D eigenvalue weighted by molar-refractivity contribution is 5.81. The number of rotatable bonds is 5. The molecule has 0 radical (unpaired) electrons. The highest BCUT2D eigenvalue weighted by Gasteiger charge is 2.25. The van der Waals surface area contributed by atoms with Gasteiger partial charge in [0.05, 0.1) is 17.3 Å². The van der Waals surface area contributed by atoms with Crippen LogP contribution in [0.3, 0.4) is 0 Å². The molecule has 0 aliphatic heterocycles. The summed E-state index contributed by atoms with van der Waals surface area (Å²) in [6, 6.07) is 8.29. The van der Waals surface area contributed by atoms with E-state index < -0.39 is 0 Å². The van der Waals surface area contributed by atoms with Gasteiger partial charge in [0.15, 0.2) is 0 Å². The summed E-state index contributed by atoms with van der Waals surface area (Å²) in [6.07, 6.45) is 3.97. The van der Waals surface area contributed by atoms with E-state index in [4.69, 9.17) is 0 Å². The van der Waals surface area contributed by atoms with Crippen molar-refractivity contribution in [2.45, 2.75) is 45.3 Å². The highest BCUT2D eigenvalue weighted by Crippen LogP contribution is 2.34. The van der Waals surface area contributed by atoms with E-state index in [0.29, 0.717) is 6.42 Å². The lowest BCUT2D eigenvalue weighted by Gasteiger charge is -2.07. The van der Waals surface area contributed by atoms with Crippen LogP contribution in [0, 0.1) is 5.92 Å². The van der Waals surface area contributed by atoms with Crippen molar-refractivity contribution in [2.75, 3.05) is 0 Å². The molecule has 0 amide bonds. The maximum atomic E-state index is 10.1. The van der Waals surface area contributed by atoms with Gasteiger partial charge in [0.2, 0.25) is 0 Å². The van der Waals surface area contributed by atoms with Gasteiger partial charge in [-0.05, 0) is 25.3 Å². The number of hydrogen-bond acceptors (Lipinski definition) is 2. The molecule has 0 spiro atoms. The molecule has 18 heavy (non-hydrogen) atoms. The minimum absolute atomic E-state index is 0.235. The number of para-hydroxylation sites is 1. The first-order valence-electron chi connectivity index (χ1n) is 6.90. The fourth-order valence-electron chi connectivity index (χ4n) is 2.63. The van der Waals surface area contributed by atoms with Gasteiger partial charge in [0.25, 0.3) is 0 Å². The molecule has 1 aliphatic rings. The number of nitrogens with zero attached hydrogens (tertiary/aromatic N) is 2. The van der Waals surface area contributed by atoms with Gasteiger partial charge in [-0.2, -0.15) is 5.10 Å². The summed E-state index contributed by atoms with van der Waals surface area (Å²) >= 11 is 0. The second-order valence-electron chi connectivity index (χ2n) is 5.32. The zero-order valence-electron chi connectivity index (χ0n) is 10.8. The minimum atomic E-state index is -0.235. The van der Waals surface area contributed by atoms with Crippen molar-refractivity contribution in [3.8, 4) is 0 Å². The van der Waals surface area contributed by atoms with E-state index >= 15 is 0 Å². The molecule has 0 bridgehead atoms. The largest absolute Gasteiger partial charge is 0.393 e. The first kappa shape index (κ1) is 11.7. The lowest BCUT2D eigenvalue weighted by Crippen LogP contribution is -2.12. The molecule has 3 heteroatoms. The molecule has 1 unspecified atom stereocenters. The molecule has 1 aliphatic carbocycles. The summed E-state index contributed by atoms with van der Waals surface area (Å²) in [5.41, 5.74) is 2.22. The number of aromatic nitrogens is 2. The maximum Gasteiger partial charge on any atom is 0.0729 e. The number of hydrogen-bond donors (Lipinski definition) is 1. The van der Waals surface area contributed by atoms with Crippen LogP contribution in [0.5, 0.6) is 0 Å². The Morgan fingerprint density at radius 3 is 2.89 bits per heavy atom. The van der Waals surface area contributed by atoms with Gasteiger partial charge in [-0.15, -0.1) is 0 Å². The molecule has 1 N–H and O–H groups in total. The second-order valence-corrected chi connectivity index (χ2v) is 5.32. The zero-order valence-corrected chi connectivity index (χ0v) is 10.8. The van der Waals surface area contributed by atoms with Crippen molar-refractivity contribution in [3.63, 3.8) is 0 Å². The molecule has 3 rings (SSSR count). The van der Waals surface area contributed by atoms with Crippen LogP contribution in [-0.2, 0) is 13.0 Å². The first-order chi connectivity index (χ1) is 8.78. The molecule has 1 heterocycles. The third-order valence-electron chi connectivity index (χ3n) is 3.77. The highest BCUT2D eigenvalue weighted by atomic mass is 16.3. The second kappa shape index (κ2) is 4.73. The summed E-state index contributed by atoms with van der Waals surface area (Å²) in [7, 11) is 0. The molecule has 96 valence electrons. The van der Waals surface area contributed by atoms with Gasteiger partial charge in [0.1, 0.15) is 0 Å². The first-order valence-corrected chi connectivity index (χ1v) is 6.90. The average Bonchev–Trinajstić information content (AvgIpc) is 3.11. The van der Waals surface area contributed by atoms with Crippen molar-refractivity contribution in [1.29, 1.82) is 0 Å². The van der Waals surface area contributed by atoms with Gasteiger partial charge in [-0.25, -0.2) is 0 Å². The van der Waals surface area contributed by atoms with Gasteiger partial charge >= 0.3 is 0 Å². The van der Waals surface area contributed by atoms with E-state index in [1.807, 2.05) is 16.8 Å². The molecule has 1 saturated carbocycles. The lowest BCUT2D eigenvalue weighted by molar-refractivity contribution is 0.157. The van der Waals surface area contributed by atoms with E-state index in [9.17, 15) is 5.11 Å². The number of fused-ring (bicyclic) bond motifs is 1. The van der Waals surface area contributed by atoms with Gasteiger partial charge in [0, 0.05) is 18.4 Å². The molecule has 1 fully saturated rings. The fraction of sp³-hybridized carbons (Fsp3) is 0.533. The topological polar surface area (TPSA) is 38.0 Å². The van der Waals surface area contributed by atoms with Crippen LogP contribution in [0.15, 0.2) is 24.3 Å². The van der Waals surface area contributed by atoms with E-state index in [1.165, 1.54) is 23.7 Å². The quantitative estimate of drug-likeness (QED) is 0.878. The summed E-state index contributed by atoms with van der Waals surface area (Å²) in [5.74, 6) is 0.763. The Kier molecular flexibility index (Phi) is 3.08. The molecule has 1 aromatic carbocycles. The Bertz CT molecular complexity index is 542. The van der Waals surface area contributed by atoms with Crippen LogP contribution in [0.1, 0.15) is 31.9 Å². The van der Waals surface area contributed by atoms with Crippen LogP contribution in [0.2, 0.25) is 0 Å². The average molecular weight is 244 g/mol. The minimum Gasteiger partial charge on any atom is -0.393 e. The van der Waals surface area contributed by atoms with E-state index in [1.54, 1.807) is 0 Å². The lowest BCUT2D eigenvalue weighted by atomic mass is 10.1. The van der Waals surface area contributed by atoms with Crippen molar-refractivity contribution in [3.05, 3.63) is 30.0 Å². The van der Waals surface area contributed by atoms with Crippen LogP contribution in [0.25, 0.3) is 10.9 Å². The van der Waals surface area contributed by atoms with Gasteiger partial charge < -0.3 is 5.11 Å². The third-order valence-corrected chi connectivity index (χ3v) is 3.77. The van der Waals surface area contributed by atoms with Crippen molar-refractivity contribution >= 4 is 10.9 Å². The van der Waals surface area contributed by atoms with Gasteiger partial charge in [-0.3, -0.25) is 4.68 Å². The summed E-state index contributed by atoms with van der Waals surface area (Å²) in [5, 5.41) is 15.9. The number of aliphatic hydroxyl groups excluding tert-OH is 1. The normalized spacial score (nSPS) is 17.2. The maximum absolute atomic E-state index is 10.1. The summed E-state index contributed by atoms with van der Waals surface area (Å²) < 4.78 is 2.02. The molecule has 2 aromatic rings. The monoisotopic (exact) mass is 244 g/mol. The Morgan fingerprint density at radius 1 is 1.39 bits per heavy atom. The van der Waals surface area contributed by atoms with Crippen LogP contribution >= 0.6 is 0 Å². The standard InChI is InChI=1S/C15H20N2O/c1-2-17-15-6-4-3-5-13(15)14(16-17)10-12(18)9-11-7-8-11/h3-6,11-12,18H,2,7-10H2,1H3. The fourth-order valence-corrected chi connectivity index (χ4v) is 2.63. The molecule has 3 nitrogen and oxygen atoms in total. The third kappa shape index (κ3) is 2.27. The Hall–Kier alpha value is -1.35. The van der Waals surface area contributed by atoms with Crippen molar-refractivity contribution < 1.29 is 5.11 Å². The van der Waals surface area contributed by atoms with Crippen molar-refractivity contribution in [2.24, 2.45) is 5.92 Å². The Balaban J connectivity index is 1.85. The molecular weight excluding hydrogens is 224 g/mol. The Morgan fingerprint density at radius 2 is 2.17 bits per heavy atom. The van der Waals surface area contributed by atoms with E-state index in [-0.39, 0.29) is 6.10 Å². The van der Waals surface area contributed by atoms with Crippen molar-refractivity contribution in [1.82, 2.24) is 9.78 Å². The predicted molar refractivity (Wildman–Crippen MR) is 72.5 cm³/mol. The summed E-state index contributed by atoms with van der Waals surface area (Å²) in [4.78, 5) is 0. The molecule has 1 aromatic heterocycles. The van der Waals surface area contributed by atoms with E-state index in [2.05, 4.69) is 24.2 Å². The number of aryl methyl sites for hydroxylation is 1. The number of aliphatic hydroxyl groups is 1. The van der Waals surface area contributed by atoms with Crippen LogP contribution < -0.4 is 0 Å².